The van der Waals surface area contributed by atoms with Crippen molar-refractivity contribution in [3.8, 4) is 0 Å². The van der Waals surface area contributed by atoms with Crippen molar-refractivity contribution < 1.29 is 13.2 Å². The third kappa shape index (κ3) is 2.97. The summed E-state index contributed by atoms with van der Waals surface area (Å²) in [5, 5.41) is 0. The number of amides is 1. The minimum Gasteiger partial charge on any atom is -0.368 e. The summed E-state index contributed by atoms with van der Waals surface area (Å²) in [7, 11) is -2.92. The summed E-state index contributed by atoms with van der Waals surface area (Å²) in [6.45, 7) is 4.52. The Bertz CT molecular complexity index is 672. The number of rotatable bonds is 3. The Morgan fingerprint density at radius 1 is 1.23 bits per heavy atom. The first-order valence-corrected chi connectivity index (χ1v) is 9.67. The quantitative estimate of drug-likeness (QED) is 0.850. The number of para-hydroxylation sites is 2. The van der Waals surface area contributed by atoms with E-state index in [1.807, 2.05) is 29.2 Å². The first kappa shape index (κ1) is 15.3. The van der Waals surface area contributed by atoms with Crippen LogP contribution in [0.2, 0.25) is 0 Å². The average molecular weight is 322 g/mol. The molecule has 1 amide bonds. The molecule has 1 atom stereocenters. The fourth-order valence-corrected chi connectivity index (χ4v) is 5.26. The van der Waals surface area contributed by atoms with E-state index < -0.39 is 9.84 Å². The van der Waals surface area contributed by atoms with Crippen molar-refractivity contribution in [3.63, 3.8) is 0 Å². The number of hydrogen-bond acceptors (Lipinski definition) is 4. The number of benzene rings is 1. The molecule has 5 nitrogen and oxygen atoms in total. The van der Waals surface area contributed by atoms with E-state index in [9.17, 15) is 13.2 Å². The van der Waals surface area contributed by atoms with Gasteiger partial charge in [-0.05, 0) is 31.4 Å². The van der Waals surface area contributed by atoms with E-state index in [0.717, 1.165) is 24.5 Å². The van der Waals surface area contributed by atoms with Crippen LogP contribution in [0.4, 0.5) is 11.4 Å². The molecular weight excluding hydrogens is 300 g/mol. The van der Waals surface area contributed by atoms with Crippen LogP contribution in [0.25, 0.3) is 0 Å². The lowest BCUT2D eigenvalue weighted by Crippen LogP contribution is -2.44. The Kier molecular flexibility index (Phi) is 4.12. The topological polar surface area (TPSA) is 57.7 Å². The Morgan fingerprint density at radius 2 is 1.95 bits per heavy atom. The van der Waals surface area contributed by atoms with E-state index in [-0.39, 0.29) is 23.3 Å². The largest absolute Gasteiger partial charge is 0.368 e. The van der Waals surface area contributed by atoms with Crippen LogP contribution >= 0.6 is 0 Å². The molecule has 0 saturated carbocycles. The normalized spacial score (nSPS) is 23.4. The molecule has 0 bridgehead atoms. The summed E-state index contributed by atoms with van der Waals surface area (Å²) in [6.07, 6.45) is 0.949. The van der Waals surface area contributed by atoms with Gasteiger partial charge >= 0.3 is 0 Å². The van der Waals surface area contributed by atoms with Gasteiger partial charge in [-0.15, -0.1) is 0 Å². The molecule has 0 unspecified atom stereocenters. The molecule has 0 aromatic heterocycles. The van der Waals surface area contributed by atoms with Gasteiger partial charge in [0.1, 0.15) is 0 Å². The number of sulfone groups is 1. The van der Waals surface area contributed by atoms with Crippen LogP contribution in [0, 0.1) is 5.92 Å². The Hall–Kier alpha value is -1.56. The third-order valence-corrected chi connectivity index (χ3v) is 6.42. The lowest BCUT2D eigenvalue weighted by molar-refractivity contribution is -0.119. The van der Waals surface area contributed by atoms with E-state index in [1.54, 1.807) is 0 Å². The van der Waals surface area contributed by atoms with Gasteiger partial charge in [-0.3, -0.25) is 4.79 Å². The van der Waals surface area contributed by atoms with Gasteiger partial charge in [-0.1, -0.05) is 12.1 Å². The highest BCUT2D eigenvalue weighted by Crippen LogP contribution is 2.34. The molecule has 0 radical (unpaired) electrons. The van der Waals surface area contributed by atoms with Crippen LogP contribution in [0.5, 0.6) is 0 Å². The number of carbonyl (C=O) groups excluding carboxylic acids is 1. The van der Waals surface area contributed by atoms with Gasteiger partial charge in [-0.25, -0.2) is 8.42 Å². The van der Waals surface area contributed by atoms with Gasteiger partial charge in [0.2, 0.25) is 5.91 Å². The molecule has 0 spiro atoms. The molecule has 1 saturated heterocycles. The average Bonchev–Trinajstić information content (AvgIpc) is 2.84. The second-order valence-corrected chi connectivity index (χ2v) is 8.32. The van der Waals surface area contributed by atoms with Gasteiger partial charge in [0.05, 0.1) is 22.9 Å². The second-order valence-electron chi connectivity index (χ2n) is 6.09. The van der Waals surface area contributed by atoms with Crippen molar-refractivity contribution in [2.24, 2.45) is 5.92 Å². The van der Waals surface area contributed by atoms with Crippen LogP contribution in [-0.2, 0) is 14.6 Å². The van der Waals surface area contributed by atoms with E-state index in [4.69, 9.17) is 0 Å². The van der Waals surface area contributed by atoms with Crippen molar-refractivity contribution in [1.82, 2.24) is 0 Å². The highest BCUT2D eigenvalue weighted by molar-refractivity contribution is 7.91. The first-order chi connectivity index (χ1) is 10.5. The zero-order valence-corrected chi connectivity index (χ0v) is 13.7. The molecule has 120 valence electrons. The Balaban J connectivity index is 1.76. The molecule has 0 N–H and O–H groups in total. The zero-order valence-electron chi connectivity index (χ0n) is 12.9. The lowest BCUT2D eigenvalue weighted by Gasteiger charge is -2.37. The van der Waals surface area contributed by atoms with Crippen LogP contribution in [0.1, 0.15) is 19.8 Å². The number of anilines is 2. The van der Waals surface area contributed by atoms with E-state index in [1.165, 1.54) is 0 Å². The van der Waals surface area contributed by atoms with Gasteiger partial charge in [-0.2, -0.15) is 0 Å². The second kappa shape index (κ2) is 5.91. The maximum atomic E-state index is 12.6. The van der Waals surface area contributed by atoms with Crippen LogP contribution < -0.4 is 9.80 Å². The van der Waals surface area contributed by atoms with Crippen molar-refractivity contribution in [2.45, 2.75) is 19.8 Å². The predicted octanol–water partition coefficient (Wildman–Crippen LogP) is 1.68. The van der Waals surface area contributed by atoms with Gasteiger partial charge in [0.15, 0.2) is 9.84 Å². The molecular formula is C16H22N2O3S. The minimum atomic E-state index is -2.92. The number of nitrogens with zero attached hydrogens (tertiary/aromatic N) is 2. The molecule has 1 aromatic carbocycles. The van der Waals surface area contributed by atoms with Crippen molar-refractivity contribution in [1.29, 1.82) is 0 Å². The minimum absolute atomic E-state index is 0.0196. The summed E-state index contributed by atoms with van der Waals surface area (Å²) in [5.41, 5.74) is 2.03. The SMILES string of the molecule is CCN1CCN(C(=O)C[C@H]2CCS(=O)(=O)C2)c2ccccc21. The van der Waals surface area contributed by atoms with E-state index >= 15 is 0 Å². The Labute approximate surface area is 131 Å². The maximum Gasteiger partial charge on any atom is 0.227 e. The number of likely N-dealkylation sites (N-methyl/N-ethyl adjacent to an activating group) is 1. The highest BCUT2D eigenvalue weighted by atomic mass is 32.2. The highest BCUT2D eigenvalue weighted by Gasteiger charge is 2.32. The van der Waals surface area contributed by atoms with Crippen LogP contribution in [-0.4, -0.2) is 45.5 Å². The van der Waals surface area contributed by atoms with Crippen molar-refractivity contribution >= 4 is 27.1 Å². The molecule has 6 heteroatoms. The summed E-state index contributed by atoms with van der Waals surface area (Å²) >= 11 is 0. The summed E-state index contributed by atoms with van der Waals surface area (Å²) < 4.78 is 23.1. The van der Waals surface area contributed by atoms with Crippen molar-refractivity contribution in [3.05, 3.63) is 24.3 Å². The molecule has 2 heterocycles. The molecule has 3 rings (SSSR count). The van der Waals surface area contributed by atoms with E-state index in [0.29, 0.717) is 19.4 Å². The van der Waals surface area contributed by atoms with Crippen LogP contribution in [0.3, 0.4) is 0 Å². The lowest BCUT2D eigenvalue weighted by atomic mass is 10.0. The summed E-state index contributed by atoms with van der Waals surface area (Å²) in [6, 6.07) is 7.94. The molecule has 2 aliphatic heterocycles. The summed E-state index contributed by atoms with van der Waals surface area (Å²) in [4.78, 5) is 16.7. The fourth-order valence-electron chi connectivity index (χ4n) is 3.40. The Morgan fingerprint density at radius 3 is 2.59 bits per heavy atom. The monoisotopic (exact) mass is 322 g/mol. The third-order valence-electron chi connectivity index (χ3n) is 4.58. The smallest absolute Gasteiger partial charge is 0.227 e. The standard InChI is InChI=1S/C16H22N2O3S/c1-2-17-8-9-18(15-6-4-3-5-14(15)17)16(19)11-13-7-10-22(20,21)12-13/h3-6,13H,2,7-12H2,1H3/t13-/m1/s1. The van der Waals surface area contributed by atoms with Gasteiger partial charge < -0.3 is 9.80 Å². The fraction of sp³-hybridized carbons (Fsp3) is 0.562. The van der Waals surface area contributed by atoms with Crippen LogP contribution in [0.15, 0.2) is 24.3 Å². The molecule has 1 fully saturated rings. The number of fused-ring (bicyclic) bond motifs is 1. The molecule has 22 heavy (non-hydrogen) atoms. The number of hydrogen-bond donors (Lipinski definition) is 0. The van der Waals surface area contributed by atoms with Gasteiger partial charge in [0.25, 0.3) is 0 Å². The van der Waals surface area contributed by atoms with E-state index in [2.05, 4.69) is 11.8 Å². The summed E-state index contributed by atoms with van der Waals surface area (Å²) in [5.74, 6) is 0.416. The molecule has 1 aromatic rings. The predicted molar refractivity (Wildman–Crippen MR) is 88.1 cm³/mol. The zero-order chi connectivity index (χ0) is 15.7. The number of carbonyl (C=O) groups is 1. The molecule has 0 aliphatic carbocycles. The van der Waals surface area contributed by atoms with Gasteiger partial charge in [0, 0.05) is 26.1 Å². The van der Waals surface area contributed by atoms with Crippen molar-refractivity contribution in [2.75, 3.05) is 40.9 Å². The first-order valence-electron chi connectivity index (χ1n) is 7.85. The molecule has 2 aliphatic rings. The maximum absolute atomic E-state index is 12.6.